The minimum absolute atomic E-state index is 0.239. The molecule has 2 aromatic heterocycles. The average Bonchev–Trinajstić information content (AvgIpc) is 3.42. The summed E-state index contributed by atoms with van der Waals surface area (Å²) in [5.41, 5.74) is 3.89. The van der Waals surface area contributed by atoms with E-state index >= 15 is 0 Å². The summed E-state index contributed by atoms with van der Waals surface area (Å²) in [5, 5.41) is 7.55. The number of nitrogens with one attached hydrogen (secondary N) is 1. The first-order valence-corrected chi connectivity index (χ1v) is 10.9. The van der Waals surface area contributed by atoms with Crippen LogP contribution < -0.4 is 10.9 Å². The largest absolute Gasteiger partial charge is 0.316 e. The molecule has 0 atom stereocenters. The van der Waals surface area contributed by atoms with Crippen molar-refractivity contribution in [2.75, 3.05) is 5.32 Å². The zero-order valence-electron chi connectivity index (χ0n) is 18.8. The number of para-hydroxylation sites is 2. The SMILES string of the molecule is Cc1c(NC(=O)c2cn(-c3ccccc3)nc2-c2ccccc2)c(=O)n(-c2ccccc2)n1C. The lowest BCUT2D eigenvalue weighted by molar-refractivity contribution is 0.102. The molecule has 168 valence electrons. The Bertz CT molecular complexity index is 1510. The molecule has 0 fully saturated rings. The van der Waals surface area contributed by atoms with Crippen LogP contribution >= 0.6 is 0 Å². The fourth-order valence-corrected chi connectivity index (χ4v) is 3.96. The number of benzene rings is 3. The number of anilines is 1. The molecule has 7 nitrogen and oxygen atoms in total. The van der Waals surface area contributed by atoms with Crippen LogP contribution in [-0.2, 0) is 7.05 Å². The van der Waals surface area contributed by atoms with E-state index in [2.05, 4.69) is 5.32 Å². The molecule has 0 aliphatic rings. The molecule has 7 heteroatoms. The number of aromatic nitrogens is 4. The van der Waals surface area contributed by atoms with Crippen LogP contribution in [0.25, 0.3) is 22.6 Å². The van der Waals surface area contributed by atoms with Crippen LogP contribution in [-0.4, -0.2) is 25.1 Å². The maximum absolute atomic E-state index is 13.5. The molecule has 0 saturated carbocycles. The summed E-state index contributed by atoms with van der Waals surface area (Å²) in [4.78, 5) is 26.8. The zero-order valence-corrected chi connectivity index (χ0v) is 18.8. The third kappa shape index (κ3) is 3.73. The van der Waals surface area contributed by atoms with Gasteiger partial charge in [-0.25, -0.2) is 9.36 Å². The van der Waals surface area contributed by atoms with Crippen molar-refractivity contribution in [3.05, 3.63) is 119 Å². The molecular formula is C27H23N5O2. The van der Waals surface area contributed by atoms with Gasteiger partial charge >= 0.3 is 0 Å². The zero-order chi connectivity index (χ0) is 23.7. The second kappa shape index (κ2) is 8.71. The van der Waals surface area contributed by atoms with Crippen LogP contribution in [0.1, 0.15) is 16.1 Å². The summed E-state index contributed by atoms with van der Waals surface area (Å²) in [6.07, 6.45) is 1.70. The smallest absolute Gasteiger partial charge is 0.295 e. The second-order valence-corrected chi connectivity index (χ2v) is 7.93. The molecule has 0 aliphatic carbocycles. The van der Waals surface area contributed by atoms with Crippen LogP contribution in [0.3, 0.4) is 0 Å². The van der Waals surface area contributed by atoms with Crippen LogP contribution in [0.2, 0.25) is 0 Å². The molecule has 2 heterocycles. The Labute approximate surface area is 196 Å². The number of nitrogens with zero attached hydrogens (tertiary/aromatic N) is 4. The van der Waals surface area contributed by atoms with Crippen molar-refractivity contribution in [1.82, 2.24) is 19.1 Å². The highest BCUT2D eigenvalue weighted by Gasteiger charge is 2.23. The van der Waals surface area contributed by atoms with E-state index in [1.807, 2.05) is 97.9 Å². The molecular weight excluding hydrogens is 426 g/mol. The van der Waals surface area contributed by atoms with Gasteiger partial charge in [-0.05, 0) is 31.2 Å². The van der Waals surface area contributed by atoms with E-state index in [0.29, 0.717) is 17.0 Å². The maximum Gasteiger partial charge on any atom is 0.295 e. The monoisotopic (exact) mass is 449 g/mol. The lowest BCUT2D eigenvalue weighted by atomic mass is 10.1. The Morgan fingerprint density at radius 3 is 2.00 bits per heavy atom. The minimum Gasteiger partial charge on any atom is -0.316 e. The summed E-state index contributed by atoms with van der Waals surface area (Å²) < 4.78 is 4.95. The van der Waals surface area contributed by atoms with Crippen LogP contribution in [0.15, 0.2) is 102 Å². The van der Waals surface area contributed by atoms with E-state index in [9.17, 15) is 9.59 Å². The summed E-state index contributed by atoms with van der Waals surface area (Å²) >= 11 is 0. The normalized spacial score (nSPS) is 10.9. The summed E-state index contributed by atoms with van der Waals surface area (Å²) in [7, 11) is 1.79. The third-order valence-corrected chi connectivity index (χ3v) is 5.82. The standard InChI is InChI=1S/C27H23N5O2/c1-19-24(27(34)32(30(19)2)22-16-10-5-11-17-22)28-26(33)23-18-31(21-14-8-4-9-15-21)29-25(23)20-12-6-3-7-13-20/h3-18H,1-2H3,(H,28,33). The highest BCUT2D eigenvalue weighted by molar-refractivity contribution is 6.08. The van der Waals surface area contributed by atoms with Crippen molar-refractivity contribution >= 4 is 11.6 Å². The predicted molar refractivity (Wildman–Crippen MR) is 133 cm³/mol. The Morgan fingerprint density at radius 2 is 1.38 bits per heavy atom. The summed E-state index contributed by atoms with van der Waals surface area (Å²) in [6.45, 7) is 1.81. The summed E-state index contributed by atoms with van der Waals surface area (Å²) in [6, 6.07) is 28.5. The van der Waals surface area contributed by atoms with Gasteiger partial charge in [-0.15, -0.1) is 0 Å². The average molecular weight is 450 g/mol. The molecule has 0 bridgehead atoms. The molecule has 34 heavy (non-hydrogen) atoms. The van der Waals surface area contributed by atoms with Gasteiger partial charge in [-0.1, -0.05) is 66.7 Å². The van der Waals surface area contributed by atoms with Gasteiger partial charge in [-0.3, -0.25) is 14.3 Å². The molecule has 1 N–H and O–H groups in total. The fourth-order valence-electron chi connectivity index (χ4n) is 3.96. The van der Waals surface area contributed by atoms with Gasteiger partial charge in [0.2, 0.25) is 0 Å². The van der Waals surface area contributed by atoms with Gasteiger partial charge in [0.05, 0.1) is 22.6 Å². The number of carbonyl (C=O) groups is 1. The molecule has 3 aromatic carbocycles. The molecule has 0 unspecified atom stereocenters. The van der Waals surface area contributed by atoms with Crippen LogP contribution in [0.4, 0.5) is 5.69 Å². The van der Waals surface area contributed by atoms with Crippen LogP contribution in [0, 0.1) is 6.92 Å². The number of hydrogen-bond donors (Lipinski definition) is 1. The van der Waals surface area contributed by atoms with E-state index in [1.165, 1.54) is 4.68 Å². The van der Waals surface area contributed by atoms with E-state index in [0.717, 1.165) is 16.9 Å². The number of hydrogen-bond acceptors (Lipinski definition) is 3. The fraction of sp³-hybridized carbons (Fsp3) is 0.0741. The molecule has 1 amide bonds. The van der Waals surface area contributed by atoms with Gasteiger partial charge in [0, 0.05) is 18.8 Å². The predicted octanol–water partition coefficient (Wildman–Crippen LogP) is 4.59. The van der Waals surface area contributed by atoms with Gasteiger partial charge in [0.15, 0.2) is 0 Å². The van der Waals surface area contributed by atoms with Crippen molar-refractivity contribution in [2.24, 2.45) is 7.05 Å². The number of carbonyl (C=O) groups excluding carboxylic acids is 1. The molecule has 0 saturated heterocycles. The van der Waals surface area contributed by atoms with Crippen molar-refractivity contribution in [2.45, 2.75) is 6.92 Å². The Kier molecular flexibility index (Phi) is 5.43. The van der Waals surface area contributed by atoms with Crippen molar-refractivity contribution in [3.63, 3.8) is 0 Å². The van der Waals surface area contributed by atoms with Crippen molar-refractivity contribution in [3.8, 4) is 22.6 Å². The maximum atomic E-state index is 13.5. The summed E-state index contributed by atoms with van der Waals surface area (Å²) in [5.74, 6) is -0.396. The Morgan fingerprint density at radius 1 is 0.824 bits per heavy atom. The van der Waals surface area contributed by atoms with Gasteiger partial charge in [0.1, 0.15) is 11.4 Å². The molecule has 0 aliphatic heterocycles. The second-order valence-electron chi connectivity index (χ2n) is 7.93. The van der Waals surface area contributed by atoms with E-state index in [4.69, 9.17) is 5.10 Å². The first-order valence-electron chi connectivity index (χ1n) is 10.9. The molecule has 5 aromatic rings. The Balaban J connectivity index is 1.57. The molecule has 0 radical (unpaired) electrons. The van der Waals surface area contributed by atoms with Gasteiger partial charge in [-0.2, -0.15) is 5.10 Å². The van der Waals surface area contributed by atoms with E-state index in [1.54, 1.807) is 22.6 Å². The number of amides is 1. The molecule has 5 rings (SSSR count). The quantitative estimate of drug-likeness (QED) is 0.427. The lowest BCUT2D eigenvalue weighted by Gasteiger charge is -2.07. The Hall–Kier alpha value is -4.65. The highest BCUT2D eigenvalue weighted by Crippen LogP contribution is 2.25. The first kappa shape index (κ1) is 21.2. The number of rotatable bonds is 5. The van der Waals surface area contributed by atoms with Crippen LogP contribution in [0.5, 0.6) is 0 Å². The van der Waals surface area contributed by atoms with Gasteiger partial charge < -0.3 is 5.32 Å². The third-order valence-electron chi connectivity index (χ3n) is 5.82. The minimum atomic E-state index is -0.396. The lowest BCUT2D eigenvalue weighted by Crippen LogP contribution is -2.23. The van der Waals surface area contributed by atoms with Crippen molar-refractivity contribution < 1.29 is 4.79 Å². The van der Waals surface area contributed by atoms with E-state index in [-0.39, 0.29) is 11.2 Å². The topological polar surface area (TPSA) is 73.8 Å². The first-order chi connectivity index (χ1) is 16.5. The van der Waals surface area contributed by atoms with Gasteiger partial charge in [0.25, 0.3) is 11.5 Å². The molecule has 0 spiro atoms. The van der Waals surface area contributed by atoms with Crippen molar-refractivity contribution in [1.29, 1.82) is 0 Å². The highest BCUT2D eigenvalue weighted by atomic mass is 16.2. The van der Waals surface area contributed by atoms with E-state index < -0.39 is 5.91 Å².